The normalized spacial score (nSPS) is 11.0. The van der Waals surface area contributed by atoms with Crippen molar-refractivity contribution in [3.8, 4) is 11.1 Å². The Hall–Kier alpha value is -3.19. The summed E-state index contributed by atoms with van der Waals surface area (Å²) in [6, 6.07) is 17.8. The maximum Gasteiger partial charge on any atom is 0.340 e. The third-order valence-electron chi connectivity index (χ3n) is 4.52. The first-order valence-corrected chi connectivity index (χ1v) is 10.3. The van der Waals surface area contributed by atoms with Crippen molar-refractivity contribution in [2.45, 2.75) is 17.8 Å². The quantitative estimate of drug-likeness (QED) is 0.348. The highest BCUT2D eigenvalue weighted by Crippen LogP contribution is 2.35. The molecule has 2 heterocycles. The minimum atomic E-state index is -0.363. The summed E-state index contributed by atoms with van der Waals surface area (Å²) < 4.78 is 7.26. The highest BCUT2D eigenvalue weighted by Gasteiger charge is 2.23. The second kappa shape index (κ2) is 8.45. The van der Waals surface area contributed by atoms with Crippen LogP contribution in [-0.2, 0) is 17.5 Å². The molecule has 7 heteroatoms. The van der Waals surface area contributed by atoms with Crippen LogP contribution in [0.25, 0.3) is 22.0 Å². The highest BCUT2D eigenvalue weighted by atomic mass is 32.2. The van der Waals surface area contributed by atoms with E-state index in [9.17, 15) is 4.79 Å². The van der Waals surface area contributed by atoms with Gasteiger partial charge in [-0.25, -0.2) is 4.79 Å². The lowest BCUT2D eigenvalue weighted by atomic mass is 9.94. The number of para-hydroxylation sites is 1. The number of carbonyl (C=O) groups is 1. The molecule has 4 rings (SSSR count). The molecule has 0 unspecified atom stereocenters. The molecule has 146 valence electrons. The third kappa shape index (κ3) is 3.86. The fourth-order valence-corrected chi connectivity index (χ4v) is 4.06. The van der Waals surface area contributed by atoms with E-state index in [2.05, 4.69) is 10.2 Å². The molecule has 29 heavy (non-hydrogen) atoms. The third-order valence-corrected chi connectivity index (χ3v) is 5.56. The molecule has 0 aliphatic carbocycles. The maximum atomic E-state index is 13.0. The van der Waals surface area contributed by atoms with E-state index < -0.39 is 0 Å². The van der Waals surface area contributed by atoms with Gasteiger partial charge in [-0.2, -0.15) is 0 Å². The Balaban J connectivity index is 1.92. The van der Waals surface area contributed by atoms with E-state index in [0.717, 1.165) is 27.2 Å². The molecule has 6 nitrogen and oxygen atoms in total. The van der Waals surface area contributed by atoms with Crippen LogP contribution in [0.4, 0.5) is 0 Å². The Morgan fingerprint density at radius 1 is 1.10 bits per heavy atom. The van der Waals surface area contributed by atoms with Crippen LogP contribution >= 0.6 is 11.8 Å². The molecule has 0 N–H and O–H groups in total. The number of aryl methyl sites for hydroxylation is 1. The van der Waals surface area contributed by atoms with Crippen LogP contribution in [-0.4, -0.2) is 32.3 Å². The maximum absolute atomic E-state index is 13.0. The lowest BCUT2D eigenvalue weighted by Crippen LogP contribution is -2.12. The molecule has 0 spiro atoms. The molecule has 2 aromatic heterocycles. The van der Waals surface area contributed by atoms with Crippen molar-refractivity contribution >= 4 is 28.6 Å². The first kappa shape index (κ1) is 19.1. The van der Waals surface area contributed by atoms with Gasteiger partial charge in [0.15, 0.2) is 5.16 Å². The number of thioether (sulfide) groups is 1. The number of nitrogens with zero attached hydrogens (tertiary/aromatic N) is 4. The Labute approximate surface area is 172 Å². The smallest absolute Gasteiger partial charge is 0.340 e. The van der Waals surface area contributed by atoms with Gasteiger partial charge in [0.1, 0.15) is 6.33 Å². The number of aromatic nitrogens is 4. The summed E-state index contributed by atoms with van der Waals surface area (Å²) in [7, 11) is 1.89. The molecule has 2 aromatic carbocycles. The van der Waals surface area contributed by atoms with Crippen molar-refractivity contribution in [2.24, 2.45) is 7.05 Å². The Bertz CT molecular complexity index is 1160. The van der Waals surface area contributed by atoms with E-state index in [4.69, 9.17) is 9.72 Å². The summed E-state index contributed by atoms with van der Waals surface area (Å²) >= 11 is 1.49. The number of ether oxygens (including phenoxy) is 1. The number of carbonyl (C=O) groups excluding carboxylic acids is 1. The van der Waals surface area contributed by atoms with Crippen LogP contribution in [0.15, 0.2) is 66.1 Å². The Kier molecular flexibility index (Phi) is 5.57. The van der Waals surface area contributed by atoms with Gasteiger partial charge in [0, 0.05) is 23.8 Å². The summed E-state index contributed by atoms with van der Waals surface area (Å²) in [5.74, 6) is 0.115. The second-order valence-electron chi connectivity index (χ2n) is 6.43. The Morgan fingerprint density at radius 2 is 1.86 bits per heavy atom. The molecule has 0 amide bonds. The summed E-state index contributed by atoms with van der Waals surface area (Å²) in [6.07, 6.45) is 1.65. The van der Waals surface area contributed by atoms with Crippen LogP contribution in [0.2, 0.25) is 0 Å². The average molecular weight is 404 g/mol. The van der Waals surface area contributed by atoms with E-state index in [0.29, 0.717) is 23.6 Å². The van der Waals surface area contributed by atoms with Crippen molar-refractivity contribution < 1.29 is 9.53 Å². The molecule has 0 aliphatic heterocycles. The van der Waals surface area contributed by atoms with Crippen molar-refractivity contribution in [1.29, 1.82) is 0 Å². The first-order chi connectivity index (χ1) is 14.2. The number of esters is 1. The molecule has 0 radical (unpaired) electrons. The van der Waals surface area contributed by atoms with Gasteiger partial charge in [-0.1, -0.05) is 60.3 Å². The van der Waals surface area contributed by atoms with Gasteiger partial charge in [-0.05, 0) is 18.6 Å². The predicted octanol–water partition coefficient (Wildman–Crippen LogP) is 4.50. The van der Waals surface area contributed by atoms with E-state index in [1.807, 2.05) is 73.1 Å². The summed E-state index contributed by atoms with van der Waals surface area (Å²) in [6.45, 7) is 2.11. The standard InChI is InChI=1S/C22H20N4O2S/c1-3-28-21(27)20-18(13-29-22-25-23-14-26(22)2)24-17-12-8-7-11-16(17)19(20)15-9-5-4-6-10-15/h4-12,14H,3,13H2,1-2H3. The largest absolute Gasteiger partial charge is 0.462 e. The van der Waals surface area contributed by atoms with Crippen molar-refractivity contribution in [2.75, 3.05) is 6.61 Å². The van der Waals surface area contributed by atoms with Gasteiger partial charge in [0.25, 0.3) is 0 Å². The van der Waals surface area contributed by atoms with E-state index in [1.54, 1.807) is 6.33 Å². The highest BCUT2D eigenvalue weighted by molar-refractivity contribution is 7.98. The van der Waals surface area contributed by atoms with E-state index >= 15 is 0 Å². The predicted molar refractivity (Wildman–Crippen MR) is 114 cm³/mol. The molecule has 0 atom stereocenters. The number of fused-ring (bicyclic) bond motifs is 1. The van der Waals surface area contributed by atoms with Crippen LogP contribution in [0, 0.1) is 0 Å². The number of hydrogen-bond donors (Lipinski definition) is 0. The zero-order chi connectivity index (χ0) is 20.2. The van der Waals surface area contributed by atoms with Gasteiger partial charge in [0.05, 0.1) is 23.4 Å². The molecule has 0 saturated heterocycles. The monoisotopic (exact) mass is 404 g/mol. The van der Waals surface area contributed by atoms with Crippen LogP contribution in [0.5, 0.6) is 0 Å². The van der Waals surface area contributed by atoms with Crippen LogP contribution < -0.4 is 0 Å². The molecule has 0 fully saturated rings. The van der Waals surface area contributed by atoms with Gasteiger partial charge in [-0.3, -0.25) is 4.98 Å². The number of hydrogen-bond acceptors (Lipinski definition) is 6. The molecule has 0 aliphatic rings. The molecule has 4 aromatic rings. The zero-order valence-corrected chi connectivity index (χ0v) is 17.0. The number of rotatable bonds is 6. The SMILES string of the molecule is CCOC(=O)c1c(CSc2nncn2C)nc2ccccc2c1-c1ccccc1. The van der Waals surface area contributed by atoms with Gasteiger partial charge in [0.2, 0.25) is 0 Å². The van der Waals surface area contributed by atoms with Crippen molar-refractivity contribution in [3.05, 3.63) is 72.2 Å². The molecule has 0 saturated carbocycles. The summed E-state index contributed by atoms with van der Waals surface area (Å²) in [5.41, 5.74) is 3.83. The van der Waals surface area contributed by atoms with Crippen molar-refractivity contribution in [3.63, 3.8) is 0 Å². The second-order valence-corrected chi connectivity index (χ2v) is 7.37. The number of benzene rings is 2. The Morgan fingerprint density at radius 3 is 2.59 bits per heavy atom. The minimum absolute atomic E-state index is 0.301. The first-order valence-electron chi connectivity index (χ1n) is 9.30. The molecular weight excluding hydrogens is 384 g/mol. The van der Waals surface area contributed by atoms with Gasteiger partial charge >= 0.3 is 5.97 Å². The van der Waals surface area contributed by atoms with E-state index in [1.165, 1.54) is 11.8 Å². The average Bonchev–Trinajstić information content (AvgIpc) is 3.16. The summed E-state index contributed by atoms with van der Waals surface area (Å²) in [5, 5.41) is 9.72. The lowest BCUT2D eigenvalue weighted by Gasteiger charge is -2.16. The van der Waals surface area contributed by atoms with Crippen molar-refractivity contribution in [1.82, 2.24) is 19.7 Å². The van der Waals surface area contributed by atoms with E-state index in [-0.39, 0.29) is 5.97 Å². The van der Waals surface area contributed by atoms with Gasteiger partial charge < -0.3 is 9.30 Å². The minimum Gasteiger partial charge on any atom is -0.462 e. The lowest BCUT2D eigenvalue weighted by molar-refractivity contribution is 0.0526. The van der Waals surface area contributed by atoms with Crippen LogP contribution in [0.3, 0.4) is 0 Å². The molecular formula is C22H20N4O2S. The fourth-order valence-electron chi connectivity index (χ4n) is 3.23. The zero-order valence-electron chi connectivity index (χ0n) is 16.2. The fraction of sp³-hybridized carbons (Fsp3) is 0.182. The number of pyridine rings is 1. The summed E-state index contributed by atoms with van der Waals surface area (Å²) in [4.78, 5) is 17.8. The topological polar surface area (TPSA) is 69.9 Å². The van der Waals surface area contributed by atoms with Crippen LogP contribution in [0.1, 0.15) is 23.0 Å². The van der Waals surface area contributed by atoms with Gasteiger partial charge in [-0.15, -0.1) is 10.2 Å². The molecule has 0 bridgehead atoms.